The Balaban J connectivity index is 1.34. The highest BCUT2D eigenvalue weighted by Gasteiger charge is 2.27. The Labute approximate surface area is 144 Å². The molecule has 134 valence electrons. The van der Waals surface area contributed by atoms with Crippen molar-refractivity contribution < 1.29 is 9.59 Å². The number of hydrogen-bond acceptors (Lipinski definition) is 4. The number of piperidine rings is 1. The van der Waals surface area contributed by atoms with Crippen LogP contribution in [0, 0.1) is 5.92 Å². The van der Waals surface area contributed by atoms with Gasteiger partial charge in [0.2, 0.25) is 11.8 Å². The lowest BCUT2D eigenvalue weighted by molar-refractivity contribution is -0.121. The van der Waals surface area contributed by atoms with Gasteiger partial charge in [-0.3, -0.25) is 9.59 Å². The number of rotatable bonds is 6. The van der Waals surface area contributed by atoms with Crippen molar-refractivity contribution in [2.45, 2.75) is 70.3 Å². The van der Waals surface area contributed by atoms with Crippen LogP contribution in [-0.4, -0.2) is 48.1 Å². The van der Waals surface area contributed by atoms with E-state index in [2.05, 4.69) is 20.7 Å². The smallest absolute Gasteiger partial charge is 0.240 e. The summed E-state index contributed by atoms with van der Waals surface area (Å²) in [5, 5.41) is 7.12. The fourth-order valence-corrected chi connectivity index (χ4v) is 4.16. The second-order valence-electron chi connectivity index (χ2n) is 7.46. The van der Waals surface area contributed by atoms with Gasteiger partial charge in [-0.15, -0.1) is 0 Å². The molecule has 0 aromatic heterocycles. The number of nitrogens with zero attached hydrogens (tertiary/aromatic N) is 2. The van der Waals surface area contributed by atoms with Crippen molar-refractivity contribution in [3.8, 4) is 0 Å². The minimum Gasteiger partial charge on any atom is -0.356 e. The normalized spacial score (nSPS) is 26.1. The number of carbonyl (C=O) groups excluding carboxylic acids is 2. The predicted molar refractivity (Wildman–Crippen MR) is 93.6 cm³/mol. The third-order valence-corrected chi connectivity index (χ3v) is 5.60. The van der Waals surface area contributed by atoms with E-state index in [4.69, 9.17) is 0 Å². The van der Waals surface area contributed by atoms with Crippen LogP contribution in [0.25, 0.3) is 0 Å². The summed E-state index contributed by atoms with van der Waals surface area (Å²) in [6.07, 6.45) is 10.2. The van der Waals surface area contributed by atoms with Crippen LogP contribution in [0.2, 0.25) is 0 Å². The van der Waals surface area contributed by atoms with E-state index >= 15 is 0 Å². The molecule has 2 heterocycles. The minimum atomic E-state index is -0.0349. The Hall–Kier alpha value is -1.43. The van der Waals surface area contributed by atoms with Crippen molar-refractivity contribution in [1.29, 1.82) is 0 Å². The molecule has 6 heteroatoms. The molecule has 2 fully saturated rings. The quantitative estimate of drug-likeness (QED) is 0.778. The molecule has 2 amide bonds. The summed E-state index contributed by atoms with van der Waals surface area (Å²) in [6.45, 7) is 3.18. The molecule has 0 aromatic rings. The molecule has 2 aliphatic heterocycles. The summed E-state index contributed by atoms with van der Waals surface area (Å²) >= 11 is 0. The van der Waals surface area contributed by atoms with Crippen molar-refractivity contribution >= 4 is 17.5 Å². The molecule has 1 unspecified atom stereocenters. The maximum Gasteiger partial charge on any atom is 0.240 e. The van der Waals surface area contributed by atoms with Gasteiger partial charge in [0.25, 0.3) is 0 Å². The lowest BCUT2D eigenvalue weighted by Crippen LogP contribution is -2.44. The molecule has 1 saturated heterocycles. The molecular weight excluding hydrogens is 304 g/mol. The number of carbonyl (C=O) groups is 2. The average Bonchev–Trinajstić information content (AvgIpc) is 3.14. The Bertz CT molecular complexity index is 485. The molecule has 24 heavy (non-hydrogen) atoms. The van der Waals surface area contributed by atoms with Crippen LogP contribution in [0.1, 0.15) is 64.2 Å². The first kappa shape index (κ1) is 17.4. The molecule has 2 N–H and O–H groups in total. The van der Waals surface area contributed by atoms with Gasteiger partial charge in [0.15, 0.2) is 0 Å². The van der Waals surface area contributed by atoms with Gasteiger partial charge >= 0.3 is 0 Å². The fraction of sp³-hybridized carbons (Fsp3) is 0.833. The Morgan fingerprint density at radius 1 is 1.21 bits per heavy atom. The molecule has 1 aliphatic carbocycles. The van der Waals surface area contributed by atoms with E-state index in [9.17, 15) is 9.59 Å². The second kappa shape index (κ2) is 8.60. The number of amides is 2. The third kappa shape index (κ3) is 5.03. The maximum absolute atomic E-state index is 12.1. The zero-order valence-corrected chi connectivity index (χ0v) is 14.6. The van der Waals surface area contributed by atoms with Crippen molar-refractivity contribution in [3.05, 3.63) is 0 Å². The monoisotopic (exact) mass is 334 g/mol. The predicted octanol–water partition coefficient (Wildman–Crippen LogP) is 1.80. The Kier molecular flexibility index (Phi) is 6.24. The molecule has 3 rings (SSSR count). The average molecular weight is 334 g/mol. The summed E-state index contributed by atoms with van der Waals surface area (Å²) in [7, 11) is 0. The van der Waals surface area contributed by atoms with Gasteiger partial charge in [-0.2, -0.15) is 5.10 Å². The Morgan fingerprint density at radius 2 is 2.04 bits per heavy atom. The zero-order chi connectivity index (χ0) is 16.8. The maximum atomic E-state index is 12.1. The van der Waals surface area contributed by atoms with Gasteiger partial charge in [-0.05, 0) is 51.0 Å². The van der Waals surface area contributed by atoms with Crippen molar-refractivity contribution in [2.75, 3.05) is 19.6 Å². The molecule has 1 saturated carbocycles. The number of nitrogens with one attached hydrogen (secondary N) is 2. The van der Waals surface area contributed by atoms with E-state index in [1.165, 1.54) is 45.1 Å². The SMILES string of the molecule is O=C(CCC1=NNC(=O)CC1)NCC1CCCN(C2CCCC2)C1. The highest BCUT2D eigenvalue weighted by molar-refractivity contribution is 5.94. The first-order chi connectivity index (χ1) is 11.7. The van der Waals surface area contributed by atoms with Gasteiger partial charge in [0, 0.05) is 37.7 Å². The van der Waals surface area contributed by atoms with Gasteiger partial charge in [-0.1, -0.05) is 12.8 Å². The van der Waals surface area contributed by atoms with E-state index in [1.54, 1.807) is 0 Å². The lowest BCUT2D eigenvalue weighted by Gasteiger charge is -2.36. The third-order valence-electron chi connectivity index (χ3n) is 5.60. The fourth-order valence-electron chi connectivity index (χ4n) is 4.16. The van der Waals surface area contributed by atoms with Crippen molar-refractivity contribution in [2.24, 2.45) is 11.0 Å². The minimum absolute atomic E-state index is 0.0349. The van der Waals surface area contributed by atoms with Gasteiger partial charge in [-0.25, -0.2) is 5.43 Å². The van der Waals surface area contributed by atoms with E-state index in [0.717, 1.165) is 24.8 Å². The molecule has 0 bridgehead atoms. The van der Waals surface area contributed by atoms with Gasteiger partial charge in [0.05, 0.1) is 0 Å². The van der Waals surface area contributed by atoms with Gasteiger partial charge < -0.3 is 10.2 Å². The summed E-state index contributed by atoms with van der Waals surface area (Å²) in [6, 6.07) is 0.794. The van der Waals surface area contributed by atoms with Gasteiger partial charge in [0.1, 0.15) is 0 Å². The number of hydrazone groups is 1. The highest BCUT2D eigenvalue weighted by atomic mass is 16.2. The second-order valence-corrected chi connectivity index (χ2v) is 7.46. The van der Waals surface area contributed by atoms with Crippen LogP contribution in [-0.2, 0) is 9.59 Å². The largest absolute Gasteiger partial charge is 0.356 e. The van der Waals surface area contributed by atoms with E-state index < -0.39 is 0 Å². The number of likely N-dealkylation sites (tertiary alicyclic amines) is 1. The molecule has 0 spiro atoms. The topological polar surface area (TPSA) is 73.8 Å². The summed E-state index contributed by atoms with van der Waals surface area (Å²) in [5.74, 6) is 0.662. The summed E-state index contributed by atoms with van der Waals surface area (Å²) in [4.78, 5) is 25.8. The standard InChI is InChI=1S/C18H30N4O2/c23-17(9-7-15-8-10-18(24)21-20-15)19-12-14-4-3-11-22(13-14)16-5-1-2-6-16/h14,16H,1-13H2,(H,19,23)(H,21,24). The molecule has 1 atom stereocenters. The molecule has 6 nitrogen and oxygen atoms in total. The van der Waals surface area contributed by atoms with Crippen LogP contribution in [0.15, 0.2) is 5.10 Å². The van der Waals surface area contributed by atoms with Crippen LogP contribution in [0.4, 0.5) is 0 Å². The lowest BCUT2D eigenvalue weighted by atomic mass is 9.96. The summed E-state index contributed by atoms with van der Waals surface area (Å²) < 4.78 is 0. The molecule has 3 aliphatic rings. The van der Waals surface area contributed by atoms with Crippen LogP contribution in [0.5, 0.6) is 0 Å². The number of hydrogen-bond donors (Lipinski definition) is 2. The molecular formula is C18H30N4O2. The van der Waals surface area contributed by atoms with Crippen molar-refractivity contribution in [3.63, 3.8) is 0 Å². The van der Waals surface area contributed by atoms with Crippen molar-refractivity contribution in [1.82, 2.24) is 15.6 Å². The van der Waals surface area contributed by atoms with E-state index in [0.29, 0.717) is 31.6 Å². The van der Waals surface area contributed by atoms with Crippen LogP contribution < -0.4 is 10.7 Å². The Morgan fingerprint density at radius 3 is 2.79 bits per heavy atom. The van der Waals surface area contributed by atoms with Crippen LogP contribution >= 0.6 is 0 Å². The first-order valence-corrected chi connectivity index (χ1v) is 9.56. The first-order valence-electron chi connectivity index (χ1n) is 9.56. The highest BCUT2D eigenvalue weighted by Crippen LogP contribution is 2.27. The van der Waals surface area contributed by atoms with E-state index in [-0.39, 0.29) is 11.8 Å². The molecule has 0 aromatic carbocycles. The van der Waals surface area contributed by atoms with Crippen LogP contribution in [0.3, 0.4) is 0 Å². The van der Waals surface area contributed by atoms with E-state index in [1.807, 2.05) is 0 Å². The zero-order valence-electron chi connectivity index (χ0n) is 14.6. The molecule has 0 radical (unpaired) electrons. The summed E-state index contributed by atoms with van der Waals surface area (Å²) in [5.41, 5.74) is 3.41.